The van der Waals surface area contributed by atoms with E-state index in [0.717, 1.165) is 5.56 Å². The molecule has 5 heteroatoms. The van der Waals surface area contributed by atoms with Gasteiger partial charge in [0, 0.05) is 29.9 Å². The number of carbonyl (C=O) groups is 2. The lowest BCUT2D eigenvalue weighted by Crippen LogP contribution is -2.46. The predicted molar refractivity (Wildman–Crippen MR) is 85.1 cm³/mol. The molecule has 0 radical (unpaired) electrons. The van der Waals surface area contributed by atoms with Crippen LogP contribution in [-0.2, 0) is 4.79 Å². The van der Waals surface area contributed by atoms with Crippen molar-refractivity contribution in [1.82, 2.24) is 9.80 Å². The number of benzene rings is 1. The Balaban J connectivity index is 2.13. The maximum Gasteiger partial charge on any atom is 0.259 e. The van der Waals surface area contributed by atoms with Crippen LogP contribution in [0.3, 0.4) is 0 Å². The van der Waals surface area contributed by atoms with Crippen LogP contribution in [0.25, 0.3) is 5.70 Å². The van der Waals surface area contributed by atoms with Crippen LogP contribution in [0.4, 0.5) is 0 Å². The molecule has 22 heavy (non-hydrogen) atoms. The molecule has 0 saturated heterocycles. The normalized spacial score (nSPS) is 14.3. The average molecular weight is 302 g/mol. The fraction of sp³-hybridized carbons (Fsp3) is 0.412. The van der Waals surface area contributed by atoms with Gasteiger partial charge in [-0.2, -0.15) is 0 Å². The second-order valence-electron chi connectivity index (χ2n) is 6.10. The van der Waals surface area contributed by atoms with E-state index in [1.165, 1.54) is 4.90 Å². The van der Waals surface area contributed by atoms with Gasteiger partial charge in [-0.25, -0.2) is 0 Å². The van der Waals surface area contributed by atoms with Crippen molar-refractivity contribution in [3.63, 3.8) is 0 Å². The number of hydrogen-bond acceptors (Lipinski definition) is 3. The molecule has 0 spiro atoms. The van der Waals surface area contributed by atoms with Crippen molar-refractivity contribution < 1.29 is 14.7 Å². The third-order valence-corrected chi connectivity index (χ3v) is 3.64. The summed E-state index contributed by atoms with van der Waals surface area (Å²) in [6.07, 6.45) is 0. The van der Waals surface area contributed by atoms with Crippen LogP contribution in [0.2, 0.25) is 0 Å². The van der Waals surface area contributed by atoms with E-state index in [4.69, 9.17) is 0 Å². The summed E-state index contributed by atoms with van der Waals surface area (Å²) in [6.45, 7) is 9.72. The first-order valence-electron chi connectivity index (χ1n) is 7.35. The van der Waals surface area contributed by atoms with Gasteiger partial charge in [0.05, 0.1) is 5.60 Å². The van der Waals surface area contributed by atoms with Gasteiger partial charge in [-0.3, -0.25) is 14.5 Å². The zero-order valence-electron chi connectivity index (χ0n) is 13.3. The molecule has 118 valence electrons. The maximum atomic E-state index is 12.4. The summed E-state index contributed by atoms with van der Waals surface area (Å²) in [5, 5.41) is 9.88. The molecule has 2 amide bonds. The standard InChI is InChI=1S/C17H22N2O3/c1-5-18(11-17(3,4)22)15(20)10-19-12(2)13-8-6-7-9-14(13)16(19)21/h6-9,22H,2,5,10-11H2,1,3-4H3. The Labute approximate surface area is 130 Å². The largest absolute Gasteiger partial charge is 0.389 e. The molecule has 1 aliphatic rings. The van der Waals surface area contributed by atoms with Crippen molar-refractivity contribution in [2.75, 3.05) is 19.6 Å². The fourth-order valence-corrected chi connectivity index (χ4v) is 2.58. The average Bonchev–Trinajstić information content (AvgIpc) is 2.69. The summed E-state index contributed by atoms with van der Waals surface area (Å²) in [4.78, 5) is 27.8. The lowest BCUT2D eigenvalue weighted by atomic mass is 10.1. The highest BCUT2D eigenvalue weighted by Gasteiger charge is 2.33. The number of likely N-dealkylation sites (N-methyl/N-ethyl adjacent to an activating group) is 1. The minimum atomic E-state index is -0.972. The molecule has 1 aromatic rings. The SMILES string of the molecule is C=C1c2ccccc2C(=O)N1CC(=O)N(CC)CC(C)(C)O. The molecule has 2 rings (SSSR count). The van der Waals surface area contributed by atoms with E-state index in [2.05, 4.69) is 6.58 Å². The van der Waals surface area contributed by atoms with Crippen molar-refractivity contribution in [3.05, 3.63) is 42.0 Å². The summed E-state index contributed by atoms with van der Waals surface area (Å²) in [6, 6.07) is 7.20. The summed E-state index contributed by atoms with van der Waals surface area (Å²) >= 11 is 0. The second-order valence-corrected chi connectivity index (χ2v) is 6.10. The van der Waals surface area contributed by atoms with Crippen LogP contribution in [0.5, 0.6) is 0 Å². The molecule has 0 aliphatic carbocycles. The molecular weight excluding hydrogens is 280 g/mol. The minimum absolute atomic E-state index is 0.0593. The molecule has 0 bridgehead atoms. The zero-order valence-corrected chi connectivity index (χ0v) is 13.3. The van der Waals surface area contributed by atoms with Crippen molar-refractivity contribution in [2.24, 2.45) is 0 Å². The van der Waals surface area contributed by atoms with Crippen molar-refractivity contribution in [3.8, 4) is 0 Å². The second kappa shape index (κ2) is 5.93. The van der Waals surface area contributed by atoms with Crippen molar-refractivity contribution in [1.29, 1.82) is 0 Å². The van der Waals surface area contributed by atoms with Crippen LogP contribution in [-0.4, -0.2) is 52.0 Å². The van der Waals surface area contributed by atoms with Gasteiger partial charge in [0.2, 0.25) is 5.91 Å². The molecule has 0 unspecified atom stereocenters. The van der Waals surface area contributed by atoms with E-state index in [1.54, 1.807) is 30.9 Å². The smallest absolute Gasteiger partial charge is 0.259 e. The highest BCUT2D eigenvalue weighted by Crippen LogP contribution is 2.30. The quantitative estimate of drug-likeness (QED) is 0.901. The van der Waals surface area contributed by atoms with Crippen molar-refractivity contribution in [2.45, 2.75) is 26.4 Å². The van der Waals surface area contributed by atoms with Crippen LogP contribution in [0, 0.1) is 0 Å². The Morgan fingerprint density at radius 2 is 1.91 bits per heavy atom. The molecule has 0 fully saturated rings. The first-order chi connectivity index (χ1) is 10.2. The Kier molecular flexibility index (Phi) is 4.37. The van der Waals surface area contributed by atoms with Gasteiger partial charge >= 0.3 is 0 Å². The van der Waals surface area contributed by atoms with E-state index in [9.17, 15) is 14.7 Å². The van der Waals surface area contributed by atoms with Gasteiger partial charge in [-0.05, 0) is 26.8 Å². The molecule has 5 nitrogen and oxygen atoms in total. The molecule has 1 aromatic carbocycles. The third kappa shape index (κ3) is 3.20. The number of nitrogens with zero attached hydrogens (tertiary/aromatic N) is 2. The first-order valence-corrected chi connectivity index (χ1v) is 7.35. The van der Waals surface area contributed by atoms with E-state index in [0.29, 0.717) is 17.8 Å². The Morgan fingerprint density at radius 3 is 2.41 bits per heavy atom. The van der Waals surface area contributed by atoms with Gasteiger partial charge in [0.1, 0.15) is 6.54 Å². The lowest BCUT2D eigenvalue weighted by molar-refractivity contribution is -0.134. The number of carbonyl (C=O) groups excluding carboxylic acids is 2. The molecule has 0 atom stereocenters. The topological polar surface area (TPSA) is 60.9 Å². The third-order valence-electron chi connectivity index (χ3n) is 3.64. The summed E-state index contributed by atoms with van der Waals surface area (Å²) in [5.74, 6) is -0.403. The van der Waals surface area contributed by atoms with Crippen molar-refractivity contribution >= 4 is 17.5 Å². The summed E-state index contributed by atoms with van der Waals surface area (Å²) < 4.78 is 0. The number of aliphatic hydroxyl groups is 1. The molecule has 1 heterocycles. The number of hydrogen-bond donors (Lipinski definition) is 1. The van der Waals surface area contributed by atoms with E-state index >= 15 is 0 Å². The lowest BCUT2D eigenvalue weighted by Gasteiger charge is -2.29. The summed E-state index contributed by atoms with van der Waals surface area (Å²) in [5.41, 5.74) is 0.922. The fourth-order valence-electron chi connectivity index (χ4n) is 2.58. The van der Waals surface area contributed by atoms with E-state index < -0.39 is 5.60 Å². The predicted octanol–water partition coefficient (Wildman–Crippen LogP) is 1.73. The van der Waals surface area contributed by atoms with Crippen LogP contribution in [0.1, 0.15) is 36.7 Å². The van der Waals surface area contributed by atoms with Gasteiger partial charge in [-0.1, -0.05) is 24.8 Å². The van der Waals surface area contributed by atoms with Crippen LogP contribution < -0.4 is 0 Å². The minimum Gasteiger partial charge on any atom is -0.389 e. The van der Waals surface area contributed by atoms with Crippen LogP contribution >= 0.6 is 0 Å². The highest BCUT2D eigenvalue weighted by molar-refractivity contribution is 6.10. The molecule has 0 saturated carbocycles. The van der Waals surface area contributed by atoms with Crippen LogP contribution in [0.15, 0.2) is 30.8 Å². The molecule has 1 N–H and O–H groups in total. The highest BCUT2D eigenvalue weighted by atomic mass is 16.3. The molecular formula is C17H22N2O3. The monoisotopic (exact) mass is 302 g/mol. The Bertz CT molecular complexity index is 582. The number of amides is 2. The Morgan fingerprint density at radius 1 is 1.32 bits per heavy atom. The molecule has 0 aromatic heterocycles. The van der Waals surface area contributed by atoms with Gasteiger partial charge < -0.3 is 10.0 Å². The van der Waals surface area contributed by atoms with E-state index in [1.807, 2.05) is 19.1 Å². The first kappa shape index (κ1) is 16.2. The van der Waals surface area contributed by atoms with Gasteiger partial charge in [-0.15, -0.1) is 0 Å². The Hall–Kier alpha value is -2.14. The number of fused-ring (bicyclic) bond motifs is 1. The summed E-state index contributed by atoms with van der Waals surface area (Å²) in [7, 11) is 0. The van der Waals surface area contributed by atoms with E-state index in [-0.39, 0.29) is 24.9 Å². The number of rotatable bonds is 5. The maximum absolute atomic E-state index is 12.4. The van der Waals surface area contributed by atoms with Gasteiger partial charge in [0.25, 0.3) is 5.91 Å². The van der Waals surface area contributed by atoms with Gasteiger partial charge in [0.15, 0.2) is 0 Å². The molecule has 1 aliphatic heterocycles. The zero-order chi connectivity index (χ0) is 16.5.